The van der Waals surface area contributed by atoms with E-state index in [0.717, 1.165) is 18.4 Å². The molecule has 232 valence electrons. The minimum atomic E-state index is -1.01. The number of hydrogen-bond donors (Lipinski definition) is 1. The first-order valence-electron chi connectivity index (χ1n) is 15.1. The van der Waals surface area contributed by atoms with E-state index in [1.54, 1.807) is 24.0 Å². The average molecular weight is 632 g/mol. The molecular weight excluding hydrogens is 591 g/mol. The normalized spacial score (nSPS) is 21.2. The number of halogens is 2. The monoisotopic (exact) mass is 630 g/mol. The molecule has 10 heteroatoms. The van der Waals surface area contributed by atoms with Crippen LogP contribution in [0.5, 0.6) is 0 Å². The van der Waals surface area contributed by atoms with Gasteiger partial charge < -0.3 is 14.7 Å². The molecule has 2 heterocycles. The zero-order valence-corrected chi connectivity index (χ0v) is 26.1. The van der Waals surface area contributed by atoms with E-state index < -0.39 is 18.1 Å². The number of fused-ring (bicyclic) bond motifs is 1. The van der Waals surface area contributed by atoms with E-state index in [4.69, 9.17) is 27.9 Å². The number of ketones is 1. The molecule has 0 aliphatic carbocycles. The van der Waals surface area contributed by atoms with Gasteiger partial charge in [0, 0.05) is 38.4 Å². The second-order valence-corrected chi connectivity index (χ2v) is 12.3. The number of Topliss-reactive ketones (excluding diaryl/α,β-unsaturated/α-hetero) is 1. The van der Waals surface area contributed by atoms with Gasteiger partial charge >= 0.3 is 11.9 Å². The van der Waals surface area contributed by atoms with E-state index in [1.807, 2.05) is 24.3 Å². The highest BCUT2D eigenvalue weighted by Crippen LogP contribution is 2.35. The molecule has 0 saturated carbocycles. The Kier molecular flexibility index (Phi) is 12.0. The van der Waals surface area contributed by atoms with Crippen LogP contribution in [0.4, 0.5) is 0 Å². The first kappa shape index (κ1) is 33.0. The molecule has 1 unspecified atom stereocenters. The van der Waals surface area contributed by atoms with Gasteiger partial charge in [-0.15, -0.1) is 0 Å². The lowest BCUT2D eigenvalue weighted by Gasteiger charge is -2.32. The number of ether oxygens (including phenoxy) is 1. The highest BCUT2D eigenvalue weighted by atomic mass is 35.5. The van der Waals surface area contributed by atoms with Crippen LogP contribution in [0.2, 0.25) is 10.0 Å². The van der Waals surface area contributed by atoms with E-state index >= 15 is 0 Å². The van der Waals surface area contributed by atoms with E-state index in [1.165, 1.54) is 5.56 Å². The van der Waals surface area contributed by atoms with Gasteiger partial charge in [0.05, 0.1) is 28.7 Å². The van der Waals surface area contributed by atoms with Crippen molar-refractivity contribution in [1.82, 2.24) is 9.80 Å². The van der Waals surface area contributed by atoms with Crippen molar-refractivity contribution < 1.29 is 29.0 Å². The maximum absolute atomic E-state index is 14.2. The van der Waals surface area contributed by atoms with Crippen molar-refractivity contribution in [3.8, 4) is 0 Å². The molecule has 4 rings (SSSR count). The smallest absolute Gasteiger partial charge is 0.306 e. The van der Waals surface area contributed by atoms with E-state index in [0.29, 0.717) is 49.0 Å². The molecular formula is C33H40Cl2N2O6. The number of carbonyl (C=O) groups is 4. The summed E-state index contributed by atoms with van der Waals surface area (Å²) in [6.07, 6.45) is 3.45. The van der Waals surface area contributed by atoms with Crippen molar-refractivity contribution >= 4 is 46.8 Å². The number of carboxylic acids is 1. The molecule has 2 aromatic carbocycles. The summed E-state index contributed by atoms with van der Waals surface area (Å²) in [5, 5.41) is 10.3. The summed E-state index contributed by atoms with van der Waals surface area (Å²) < 4.78 is 5.19. The number of nitrogens with zero attached hydrogens (tertiary/aromatic N) is 2. The number of amides is 1. The second kappa shape index (κ2) is 15.7. The number of carbonyl (C=O) groups excluding carboxylic acids is 3. The molecule has 0 radical (unpaired) electrons. The van der Waals surface area contributed by atoms with Gasteiger partial charge in [-0.3, -0.25) is 24.1 Å². The minimum absolute atomic E-state index is 0.0324. The summed E-state index contributed by atoms with van der Waals surface area (Å²) in [5.74, 6) is -1.65. The average Bonchev–Trinajstić information content (AvgIpc) is 3.35. The molecule has 0 spiro atoms. The van der Waals surface area contributed by atoms with E-state index in [9.17, 15) is 24.3 Å². The molecule has 4 atom stereocenters. The molecule has 1 N–H and O–H groups in total. The van der Waals surface area contributed by atoms with Gasteiger partial charge in [-0.1, -0.05) is 59.6 Å². The Bertz CT molecular complexity index is 1290. The quantitative estimate of drug-likeness (QED) is 0.271. The number of aliphatic carboxylic acids is 1. The summed E-state index contributed by atoms with van der Waals surface area (Å²) in [4.78, 5) is 55.6. The van der Waals surface area contributed by atoms with Gasteiger partial charge in [0.2, 0.25) is 5.91 Å². The van der Waals surface area contributed by atoms with Gasteiger partial charge in [-0.25, -0.2) is 0 Å². The van der Waals surface area contributed by atoms with E-state index in [2.05, 4.69) is 17.0 Å². The van der Waals surface area contributed by atoms with Crippen LogP contribution >= 0.6 is 23.2 Å². The van der Waals surface area contributed by atoms with Gasteiger partial charge in [-0.2, -0.15) is 0 Å². The van der Waals surface area contributed by atoms with Crippen LogP contribution in [0, 0.1) is 5.92 Å². The van der Waals surface area contributed by atoms with Gasteiger partial charge in [-0.05, 0) is 74.6 Å². The number of carboxylic acid groups (broad SMARTS) is 1. The van der Waals surface area contributed by atoms with Crippen molar-refractivity contribution in [3.05, 3.63) is 69.7 Å². The lowest BCUT2D eigenvalue weighted by Crippen LogP contribution is -2.50. The standard InChI is InChI=1S/C33H40Cl2N2O6/c1-2-43-32(41)20-24-19-29-33(42)36(17-16-25(37(29)21-24)11-8-22-6-4-3-5-7-22)28(13-15-31(39)40)30(38)14-10-23-9-12-26(34)27(35)18-23/h3-7,9,12,18,24-25,28-29H,2,8,10-11,13-17,19-21H2,1H3,(H,39,40)/t24-,25?,28+,29-/m0/s1. The number of benzene rings is 2. The second-order valence-electron chi connectivity index (χ2n) is 11.5. The van der Waals surface area contributed by atoms with Crippen LogP contribution < -0.4 is 0 Å². The Morgan fingerprint density at radius 3 is 2.49 bits per heavy atom. The van der Waals surface area contributed by atoms with Crippen LogP contribution in [-0.4, -0.2) is 76.4 Å². The third-order valence-corrected chi connectivity index (χ3v) is 9.30. The molecule has 2 aliphatic heterocycles. The first-order valence-corrected chi connectivity index (χ1v) is 15.9. The highest BCUT2D eigenvalue weighted by Gasteiger charge is 2.46. The Labute approximate surface area is 263 Å². The van der Waals surface area contributed by atoms with E-state index in [-0.39, 0.29) is 55.3 Å². The zero-order valence-electron chi connectivity index (χ0n) is 24.6. The summed E-state index contributed by atoms with van der Waals surface area (Å²) in [7, 11) is 0. The van der Waals surface area contributed by atoms with Gasteiger partial charge in [0.1, 0.15) is 0 Å². The van der Waals surface area contributed by atoms with Crippen LogP contribution in [0.25, 0.3) is 0 Å². The first-order chi connectivity index (χ1) is 20.7. The minimum Gasteiger partial charge on any atom is -0.481 e. The lowest BCUT2D eigenvalue weighted by atomic mass is 9.96. The molecule has 2 aromatic rings. The molecule has 8 nitrogen and oxygen atoms in total. The fourth-order valence-corrected chi connectivity index (χ4v) is 6.75. The number of aryl methyl sites for hydroxylation is 2. The molecule has 43 heavy (non-hydrogen) atoms. The summed E-state index contributed by atoms with van der Waals surface area (Å²) in [6.45, 7) is 3.06. The van der Waals surface area contributed by atoms with Crippen molar-refractivity contribution in [2.75, 3.05) is 19.7 Å². The van der Waals surface area contributed by atoms with Gasteiger partial charge in [0.25, 0.3) is 0 Å². The molecule has 0 bridgehead atoms. The molecule has 0 aromatic heterocycles. The highest BCUT2D eigenvalue weighted by molar-refractivity contribution is 6.42. The van der Waals surface area contributed by atoms with Crippen LogP contribution in [0.3, 0.4) is 0 Å². The Morgan fingerprint density at radius 2 is 1.79 bits per heavy atom. The van der Waals surface area contributed by atoms with Crippen molar-refractivity contribution in [2.24, 2.45) is 5.92 Å². The molecule has 2 fully saturated rings. The molecule has 2 saturated heterocycles. The predicted octanol–water partition coefficient (Wildman–Crippen LogP) is 5.61. The van der Waals surface area contributed by atoms with Crippen molar-refractivity contribution in [3.63, 3.8) is 0 Å². The van der Waals surface area contributed by atoms with Crippen molar-refractivity contribution in [2.45, 2.75) is 82.8 Å². The third kappa shape index (κ3) is 9.03. The maximum atomic E-state index is 14.2. The van der Waals surface area contributed by atoms with Gasteiger partial charge in [0.15, 0.2) is 5.78 Å². The predicted molar refractivity (Wildman–Crippen MR) is 165 cm³/mol. The number of hydrogen-bond acceptors (Lipinski definition) is 6. The number of esters is 1. The SMILES string of the molecule is CCOC(=O)C[C@@H]1C[C@H]2C(=O)N([C@H](CCC(=O)O)C(=O)CCc3ccc(Cl)c(Cl)c3)CCC(CCc3ccccc3)N2C1. The van der Waals surface area contributed by atoms with Crippen molar-refractivity contribution in [1.29, 1.82) is 0 Å². The molecule has 1 amide bonds. The maximum Gasteiger partial charge on any atom is 0.306 e. The zero-order chi connectivity index (χ0) is 30.9. The summed E-state index contributed by atoms with van der Waals surface area (Å²) in [5.41, 5.74) is 2.05. The Hall–Kier alpha value is -2.94. The van der Waals surface area contributed by atoms with Crippen LogP contribution in [-0.2, 0) is 36.8 Å². The fraction of sp³-hybridized carbons (Fsp3) is 0.515. The third-order valence-electron chi connectivity index (χ3n) is 8.56. The lowest BCUT2D eigenvalue weighted by molar-refractivity contribution is -0.144. The Balaban J connectivity index is 1.55. The molecule has 2 aliphatic rings. The number of rotatable bonds is 14. The topological polar surface area (TPSA) is 104 Å². The largest absolute Gasteiger partial charge is 0.481 e. The van der Waals surface area contributed by atoms with Crippen LogP contribution in [0.15, 0.2) is 48.5 Å². The Morgan fingerprint density at radius 1 is 1.02 bits per heavy atom. The summed E-state index contributed by atoms with van der Waals surface area (Å²) in [6, 6.07) is 14.2. The van der Waals surface area contributed by atoms with Crippen LogP contribution in [0.1, 0.15) is 63.0 Å². The fourth-order valence-electron chi connectivity index (χ4n) is 6.43. The summed E-state index contributed by atoms with van der Waals surface area (Å²) >= 11 is 12.2.